The van der Waals surface area contributed by atoms with Crippen LogP contribution in [0.25, 0.3) is 0 Å². The van der Waals surface area contributed by atoms with Gasteiger partial charge in [-0.3, -0.25) is 0 Å². The van der Waals surface area contributed by atoms with E-state index in [1.807, 2.05) is 6.26 Å². The van der Waals surface area contributed by atoms with Gasteiger partial charge in [-0.05, 0) is 36.9 Å². The van der Waals surface area contributed by atoms with E-state index in [1.165, 1.54) is 0 Å². The third kappa shape index (κ3) is 3.52. The average Bonchev–Trinajstić information content (AvgIpc) is 2.26. The summed E-state index contributed by atoms with van der Waals surface area (Å²) < 4.78 is 23.3. The van der Waals surface area contributed by atoms with E-state index in [0.717, 1.165) is 4.90 Å². The highest BCUT2D eigenvalue weighted by Crippen LogP contribution is 2.18. The van der Waals surface area contributed by atoms with Crippen LogP contribution in [0.1, 0.15) is 6.42 Å². The molecule has 0 amide bonds. The minimum absolute atomic E-state index is 0.00210. The lowest BCUT2D eigenvalue weighted by Crippen LogP contribution is -2.07. The van der Waals surface area contributed by atoms with Gasteiger partial charge in [0.15, 0.2) is 9.84 Å². The highest BCUT2D eigenvalue weighted by Gasteiger charge is 2.13. The van der Waals surface area contributed by atoms with Gasteiger partial charge in [-0.25, -0.2) is 8.42 Å². The van der Waals surface area contributed by atoms with Crippen molar-refractivity contribution in [1.29, 1.82) is 0 Å². The van der Waals surface area contributed by atoms with Gasteiger partial charge in [-0.1, -0.05) is 0 Å². The van der Waals surface area contributed by atoms with Crippen molar-refractivity contribution in [3.8, 4) is 0 Å². The Balaban J connectivity index is 2.86. The van der Waals surface area contributed by atoms with Crippen molar-refractivity contribution in [1.82, 2.24) is 0 Å². The summed E-state index contributed by atoms with van der Waals surface area (Å²) >= 11 is 1.57. The fourth-order valence-electron chi connectivity index (χ4n) is 1.16. The van der Waals surface area contributed by atoms with Crippen LogP contribution in [0.4, 0.5) is 0 Å². The first-order chi connectivity index (χ1) is 7.10. The molecule has 0 radical (unpaired) electrons. The average molecular weight is 246 g/mol. The molecule has 3 nitrogen and oxygen atoms in total. The molecule has 1 aromatic carbocycles. The van der Waals surface area contributed by atoms with Gasteiger partial charge in [-0.15, -0.1) is 11.8 Å². The predicted octanol–water partition coefficient (Wildman–Crippen LogP) is 1.56. The van der Waals surface area contributed by atoms with E-state index >= 15 is 0 Å². The van der Waals surface area contributed by atoms with Crippen LogP contribution >= 0.6 is 11.8 Å². The topological polar surface area (TPSA) is 54.4 Å². The van der Waals surface area contributed by atoms with E-state index in [4.69, 9.17) is 5.11 Å². The van der Waals surface area contributed by atoms with Crippen LogP contribution in [0.5, 0.6) is 0 Å². The first-order valence-corrected chi connectivity index (χ1v) is 7.45. The van der Waals surface area contributed by atoms with Crippen LogP contribution in [0.2, 0.25) is 0 Å². The number of hydrogen-bond donors (Lipinski definition) is 1. The van der Waals surface area contributed by atoms with E-state index in [2.05, 4.69) is 0 Å². The van der Waals surface area contributed by atoms with Crippen LogP contribution in [0.3, 0.4) is 0 Å². The van der Waals surface area contributed by atoms with Crippen LogP contribution in [0, 0.1) is 0 Å². The molecule has 0 heterocycles. The van der Waals surface area contributed by atoms with E-state index in [9.17, 15) is 8.42 Å². The maximum atomic E-state index is 11.7. The SMILES string of the molecule is CSc1ccc(S(=O)(=O)CCCO)cc1. The molecule has 15 heavy (non-hydrogen) atoms. The lowest BCUT2D eigenvalue weighted by molar-refractivity contribution is 0.295. The minimum atomic E-state index is -3.22. The molecule has 0 aliphatic heterocycles. The van der Waals surface area contributed by atoms with E-state index < -0.39 is 9.84 Å². The van der Waals surface area contributed by atoms with Gasteiger partial charge in [0.05, 0.1) is 10.6 Å². The summed E-state index contributed by atoms with van der Waals surface area (Å²) in [6, 6.07) is 6.80. The minimum Gasteiger partial charge on any atom is -0.396 e. The molecular formula is C10H14O3S2. The summed E-state index contributed by atoms with van der Waals surface area (Å²) in [6.45, 7) is -0.0951. The van der Waals surface area contributed by atoms with Crippen LogP contribution in [-0.2, 0) is 9.84 Å². The zero-order valence-electron chi connectivity index (χ0n) is 8.51. The van der Waals surface area contributed by atoms with Gasteiger partial charge in [-0.2, -0.15) is 0 Å². The summed E-state index contributed by atoms with van der Waals surface area (Å²) in [4.78, 5) is 1.37. The second-order valence-electron chi connectivity index (χ2n) is 3.07. The summed E-state index contributed by atoms with van der Waals surface area (Å²) in [5.41, 5.74) is 0. The first kappa shape index (κ1) is 12.5. The number of aliphatic hydroxyl groups excluding tert-OH is 1. The second kappa shape index (κ2) is 5.53. The molecule has 84 valence electrons. The first-order valence-electron chi connectivity index (χ1n) is 4.58. The molecule has 0 fully saturated rings. The maximum Gasteiger partial charge on any atom is 0.178 e. The Morgan fingerprint density at radius 1 is 1.27 bits per heavy atom. The third-order valence-electron chi connectivity index (χ3n) is 1.99. The quantitative estimate of drug-likeness (QED) is 0.801. The predicted molar refractivity (Wildman–Crippen MR) is 62.0 cm³/mol. The van der Waals surface area contributed by atoms with E-state index in [0.29, 0.717) is 4.90 Å². The number of benzene rings is 1. The van der Waals surface area contributed by atoms with Crippen LogP contribution in [0.15, 0.2) is 34.1 Å². The van der Waals surface area contributed by atoms with E-state index in [-0.39, 0.29) is 18.8 Å². The van der Waals surface area contributed by atoms with Gasteiger partial charge in [0, 0.05) is 11.5 Å². The van der Waals surface area contributed by atoms with Crippen LogP contribution in [-0.4, -0.2) is 32.1 Å². The normalized spacial score (nSPS) is 11.6. The van der Waals surface area contributed by atoms with Crippen molar-refractivity contribution in [2.75, 3.05) is 18.6 Å². The lowest BCUT2D eigenvalue weighted by Gasteiger charge is -2.03. The maximum absolute atomic E-state index is 11.7. The molecule has 1 N–H and O–H groups in total. The molecule has 0 saturated heterocycles. The summed E-state index contributed by atoms with van der Waals surface area (Å²) in [6.07, 6.45) is 2.22. The summed E-state index contributed by atoms with van der Waals surface area (Å²) in [5, 5.41) is 8.59. The fraction of sp³-hybridized carbons (Fsp3) is 0.400. The molecule has 0 unspecified atom stereocenters. The smallest absolute Gasteiger partial charge is 0.178 e. The number of aliphatic hydroxyl groups is 1. The Morgan fingerprint density at radius 2 is 1.87 bits per heavy atom. The van der Waals surface area contributed by atoms with Crippen molar-refractivity contribution >= 4 is 21.6 Å². The lowest BCUT2D eigenvalue weighted by atomic mass is 10.4. The number of sulfone groups is 1. The van der Waals surface area contributed by atoms with Gasteiger partial charge in [0.1, 0.15) is 0 Å². The molecule has 1 aromatic rings. The van der Waals surface area contributed by atoms with Crippen molar-refractivity contribution < 1.29 is 13.5 Å². The molecule has 0 aromatic heterocycles. The fourth-order valence-corrected chi connectivity index (χ4v) is 2.86. The largest absolute Gasteiger partial charge is 0.396 e. The van der Waals surface area contributed by atoms with Crippen molar-refractivity contribution in [3.05, 3.63) is 24.3 Å². The van der Waals surface area contributed by atoms with Gasteiger partial charge in [0.25, 0.3) is 0 Å². The Bertz CT molecular complexity index is 395. The van der Waals surface area contributed by atoms with Crippen molar-refractivity contribution in [2.24, 2.45) is 0 Å². The van der Waals surface area contributed by atoms with E-state index in [1.54, 1.807) is 36.0 Å². The molecule has 0 saturated carbocycles. The highest BCUT2D eigenvalue weighted by atomic mass is 32.2. The summed E-state index contributed by atoms with van der Waals surface area (Å²) in [7, 11) is -3.22. The molecular weight excluding hydrogens is 232 g/mol. The monoisotopic (exact) mass is 246 g/mol. The molecule has 0 spiro atoms. The van der Waals surface area contributed by atoms with Crippen molar-refractivity contribution in [3.63, 3.8) is 0 Å². The van der Waals surface area contributed by atoms with Crippen LogP contribution < -0.4 is 0 Å². The Labute approximate surface area is 94.4 Å². The molecule has 0 atom stereocenters. The Morgan fingerprint density at radius 3 is 2.33 bits per heavy atom. The van der Waals surface area contributed by atoms with Gasteiger partial charge < -0.3 is 5.11 Å². The Kier molecular flexibility index (Phi) is 4.63. The summed E-state index contributed by atoms with van der Waals surface area (Å²) in [5.74, 6) is 0.00210. The zero-order chi connectivity index (χ0) is 11.3. The third-order valence-corrected chi connectivity index (χ3v) is 4.55. The zero-order valence-corrected chi connectivity index (χ0v) is 10.1. The number of thioether (sulfide) groups is 1. The highest BCUT2D eigenvalue weighted by molar-refractivity contribution is 7.98. The molecule has 0 aliphatic rings. The van der Waals surface area contributed by atoms with Crippen molar-refractivity contribution in [2.45, 2.75) is 16.2 Å². The molecule has 0 bridgehead atoms. The Hall–Kier alpha value is -0.520. The second-order valence-corrected chi connectivity index (χ2v) is 6.06. The van der Waals surface area contributed by atoms with Gasteiger partial charge >= 0.3 is 0 Å². The number of hydrogen-bond acceptors (Lipinski definition) is 4. The van der Waals surface area contributed by atoms with Gasteiger partial charge in [0.2, 0.25) is 0 Å². The molecule has 5 heteroatoms. The number of rotatable bonds is 5. The standard InChI is InChI=1S/C10H14O3S2/c1-14-9-3-5-10(6-4-9)15(12,13)8-2-7-11/h3-6,11H,2,7-8H2,1H3. The molecule has 0 aliphatic carbocycles. The molecule has 1 rings (SSSR count).